The highest BCUT2D eigenvalue weighted by Crippen LogP contribution is 2.21. The maximum absolute atomic E-state index is 9.94. The Hall–Kier alpha value is -1.13. The highest BCUT2D eigenvalue weighted by Gasteiger charge is 2.13. The van der Waals surface area contributed by atoms with E-state index in [2.05, 4.69) is 24.1 Å². The van der Waals surface area contributed by atoms with Gasteiger partial charge in [0.05, 0.1) is 7.11 Å². The monoisotopic (exact) mass is 224 g/mol. The summed E-state index contributed by atoms with van der Waals surface area (Å²) >= 11 is 0. The van der Waals surface area contributed by atoms with Gasteiger partial charge >= 0.3 is 0 Å². The molecule has 0 saturated heterocycles. The van der Waals surface area contributed by atoms with Crippen LogP contribution in [0.4, 0.5) is 0 Å². The largest absolute Gasteiger partial charge is 0.495 e. The number of aliphatic hydroxyl groups excluding tert-OH is 1. The molecule has 90 valence electrons. The maximum atomic E-state index is 9.94. The third kappa shape index (κ3) is 3.79. The van der Waals surface area contributed by atoms with Crippen LogP contribution in [-0.4, -0.2) is 30.3 Å². The number of nitrogens with zero attached hydrogens (tertiary/aromatic N) is 1. The molecule has 1 aromatic heterocycles. The van der Waals surface area contributed by atoms with Crippen LogP contribution in [0.1, 0.15) is 25.6 Å². The molecule has 4 nitrogen and oxygen atoms in total. The van der Waals surface area contributed by atoms with Crippen LogP contribution < -0.4 is 10.1 Å². The van der Waals surface area contributed by atoms with Gasteiger partial charge in [0.2, 0.25) is 0 Å². The van der Waals surface area contributed by atoms with Crippen molar-refractivity contribution < 1.29 is 9.84 Å². The molecular formula is C12H20N2O2. The van der Waals surface area contributed by atoms with E-state index in [0.717, 1.165) is 6.54 Å². The first-order valence-corrected chi connectivity index (χ1v) is 5.52. The fourth-order valence-corrected chi connectivity index (χ4v) is 1.43. The van der Waals surface area contributed by atoms with Crippen molar-refractivity contribution in [2.45, 2.75) is 20.0 Å². The van der Waals surface area contributed by atoms with Crippen molar-refractivity contribution in [2.75, 3.05) is 20.2 Å². The Morgan fingerprint density at radius 1 is 1.44 bits per heavy atom. The first-order valence-electron chi connectivity index (χ1n) is 5.52. The predicted molar refractivity (Wildman–Crippen MR) is 63.5 cm³/mol. The van der Waals surface area contributed by atoms with Crippen molar-refractivity contribution in [3.63, 3.8) is 0 Å². The van der Waals surface area contributed by atoms with Gasteiger partial charge in [0.1, 0.15) is 17.5 Å². The van der Waals surface area contributed by atoms with Crippen molar-refractivity contribution in [3.8, 4) is 5.75 Å². The molecule has 0 aliphatic carbocycles. The Bertz CT molecular complexity index is 316. The molecule has 1 unspecified atom stereocenters. The van der Waals surface area contributed by atoms with Gasteiger partial charge in [0.15, 0.2) is 0 Å². The number of rotatable bonds is 6. The minimum Gasteiger partial charge on any atom is -0.495 e. The second-order valence-electron chi connectivity index (χ2n) is 4.16. The van der Waals surface area contributed by atoms with E-state index < -0.39 is 6.10 Å². The second-order valence-corrected chi connectivity index (χ2v) is 4.16. The molecule has 1 aromatic rings. The molecule has 2 N–H and O–H groups in total. The standard InChI is InChI=1S/C12H20N2O2/c1-9(2)7-13-8-10(15)12-11(16-3)5-4-6-14-12/h4-6,9-10,13,15H,7-8H2,1-3H3. The molecule has 4 heteroatoms. The van der Waals surface area contributed by atoms with Crippen molar-refractivity contribution in [3.05, 3.63) is 24.0 Å². The summed E-state index contributed by atoms with van der Waals surface area (Å²) in [4.78, 5) is 4.13. The highest BCUT2D eigenvalue weighted by atomic mass is 16.5. The van der Waals surface area contributed by atoms with Crippen molar-refractivity contribution in [2.24, 2.45) is 5.92 Å². The number of ether oxygens (including phenoxy) is 1. The molecule has 0 amide bonds. The number of hydrogen-bond acceptors (Lipinski definition) is 4. The van der Waals surface area contributed by atoms with Gasteiger partial charge in [0.25, 0.3) is 0 Å². The van der Waals surface area contributed by atoms with Gasteiger partial charge in [-0.15, -0.1) is 0 Å². The lowest BCUT2D eigenvalue weighted by molar-refractivity contribution is 0.164. The molecule has 0 aromatic carbocycles. The first-order chi connectivity index (χ1) is 7.65. The molecule has 0 aliphatic rings. The number of aliphatic hydroxyl groups is 1. The van der Waals surface area contributed by atoms with Crippen LogP contribution in [0.5, 0.6) is 5.75 Å². The average Bonchev–Trinajstić information content (AvgIpc) is 2.28. The van der Waals surface area contributed by atoms with Gasteiger partial charge in [-0.2, -0.15) is 0 Å². The predicted octanol–water partition coefficient (Wildman–Crippen LogP) is 1.37. The fourth-order valence-electron chi connectivity index (χ4n) is 1.43. The molecule has 1 rings (SSSR count). The lowest BCUT2D eigenvalue weighted by atomic mass is 10.2. The molecule has 0 fully saturated rings. The summed E-state index contributed by atoms with van der Waals surface area (Å²) < 4.78 is 5.14. The summed E-state index contributed by atoms with van der Waals surface area (Å²) in [6, 6.07) is 3.59. The van der Waals surface area contributed by atoms with E-state index in [4.69, 9.17) is 4.74 Å². The van der Waals surface area contributed by atoms with Gasteiger partial charge in [-0.1, -0.05) is 13.8 Å². The van der Waals surface area contributed by atoms with Gasteiger partial charge < -0.3 is 15.2 Å². The molecular weight excluding hydrogens is 204 g/mol. The normalized spacial score (nSPS) is 12.8. The van der Waals surface area contributed by atoms with Gasteiger partial charge in [-0.25, -0.2) is 0 Å². The second kappa shape index (κ2) is 6.45. The van der Waals surface area contributed by atoms with Gasteiger partial charge in [-0.3, -0.25) is 4.98 Å². The number of hydrogen-bond donors (Lipinski definition) is 2. The molecule has 1 heterocycles. The summed E-state index contributed by atoms with van der Waals surface area (Å²) in [5.41, 5.74) is 0.584. The molecule has 1 atom stereocenters. The summed E-state index contributed by atoms with van der Waals surface area (Å²) in [7, 11) is 1.58. The summed E-state index contributed by atoms with van der Waals surface area (Å²) in [6.45, 7) is 5.62. The van der Waals surface area contributed by atoms with Gasteiger partial charge in [-0.05, 0) is 24.6 Å². The van der Waals surface area contributed by atoms with E-state index in [9.17, 15) is 5.11 Å². The zero-order valence-corrected chi connectivity index (χ0v) is 10.1. The third-order valence-electron chi connectivity index (χ3n) is 2.23. The highest BCUT2D eigenvalue weighted by molar-refractivity contribution is 5.28. The SMILES string of the molecule is COc1cccnc1C(O)CNCC(C)C. The van der Waals surface area contributed by atoms with E-state index in [1.54, 1.807) is 25.4 Å². The first kappa shape index (κ1) is 12.9. The summed E-state index contributed by atoms with van der Waals surface area (Å²) in [5.74, 6) is 1.19. The van der Waals surface area contributed by atoms with Gasteiger partial charge in [0, 0.05) is 12.7 Å². The minimum absolute atomic E-state index is 0.492. The Kier molecular flexibility index (Phi) is 5.22. The van der Waals surface area contributed by atoms with E-state index in [0.29, 0.717) is 23.9 Å². The van der Waals surface area contributed by atoms with E-state index in [1.165, 1.54) is 0 Å². The number of aromatic nitrogens is 1. The Labute approximate surface area is 96.7 Å². The van der Waals surface area contributed by atoms with E-state index in [-0.39, 0.29) is 0 Å². The average molecular weight is 224 g/mol. The smallest absolute Gasteiger partial charge is 0.143 e. The molecule has 0 radical (unpaired) electrons. The number of pyridine rings is 1. The zero-order chi connectivity index (χ0) is 12.0. The van der Waals surface area contributed by atoms with Crippen LogP contribution in [0.25, 0.3) is 0 Å². The molecule has 16 heavy (non-hydrogen) atoms. The minimum atomic E-state index is -0.630. The number of methoxy groups -OCH3 is 1. The number of nitrogens with one attached hydrogen (secondary N) is 1. The molecule has 0 aliphatic heterocycles. The zero-order valence-electron chi connectivity index (χ0n) is 10.1. The van der Waals surface area contributed by atoms with Crippen LogP contribution >= 0.6 is 0 Å². The van der Waals surface area contributed by atoms with Crippen molar-refractivity contribution in [1.29, 1.82) is 0 Å². The lowest BCUT2D eigenvalue weighted by Gasteiger charge is -2.15. The van der Waals surface area contributed by atoms with Crippen LogP contribution in [-0.2, 0) is 0 Å². The third-order valence-corrected chi connectivity index (χ3v) is 2.23. The fraction of sp³-hybridized carbons (Fsp3) is 0.583. The van der Waals surface area contributed by atoms with Crippen molar-refractivity contribution >= 4 is 0 Å². The molecule has 0 bridgehead atoms. The van der Waals surface area contributed by atoms with Crippen molar-refractivity contribution in [1.82, 2.24) is 10.3 Å². The van der Waals surface area contributed by atoms with Crippen LogP contribution in [0, 0.1) is 5.92 Å². The van der Waals surface area contributed by atoms with Crippen LogP contribution in [0.15, 0.2) is 18.3 Å². The lowest BCUT2D eigenvalue weighted by Crippen LogP contribution is -2.26. The maximum Gasteiger partial charge on any atom is 0.143 e. The van der Waals surface area contributed by atoms with Crippen LogP contribution in [0.3, 0.4) is 0 Å². The van der Waals surface area contributed by atoms with E-state index in [1.807, 2.05) is 0 Å². The van der Waals surface area contributed by atoms with E-state index >= 15 is 0 Å². The summed E-state index contributed by atoms with van der Waals surface area (Å²) in [5, 5.41) is 13.1. The molecule has 0 spiro atoms. The molecule has 0 saturated carbocycles. The summed E-state index contributed by atoms with van der Waals surface area (Å²) in [6.07, 6.45) is 1.03. The quantitative estimate of drug-likeness (QED) is 0.766. The Morgan fingerprint density at radius 2 is 2.19 bits per heavy atom. The topological polar surface area (TPSA) is 54.4 Å². The van der Waals surface area contributed by atoms with Crippen LogP contribution in [0.2, 0.25) is 0 Å². The Balaban J connectivity index is 2.55. The Morgan fingerprint density at radius 3 is 2.81 bits per heavy atom.